The normalized spacial score (nSPS) is 11.2. The molecule has 0 atom stereocenters. The first-order valence-corrected chi connectivity index (χ1v) is 11.1. The van der Waals surface area contributed by atoms with E-state index in [4.69, 9.17) is 0 Å². The molecule has 0 unspecified atom stereocenters. The summed E-state index contributed by atoms with van der Waals surface area (Å²) in [5, 5.41) is 4.77. The summed E-state index contributed by atoms with van der Waals surface area (Å²) < 4.78 is 66.0. The average Bonchev–Trinajstić information content (AvgIpc) is 2.71. The van der Waals surface area contributed by atoms with Gasteiger partial charge in [-0.2, -0.15) is 8.78 Å². The van der Waals surface area contributed by atoms with Crippen LogP contribution in [0.25, 0.3) is 0 Å². The van der Waals surface area contributed by atoms with Gasteiger partial charge in [-0.3, -0.25) is 4.72 Å². The minimum Gasteiger partial charge on any atom is -0.308 e. The van der Waals surface area contributed by atoms with Gasteiger partial charge in [-0.1, -0.05) is 30.0 Å². The number of alkyl halides is 2. The number of thioether (sulfide) groups is 1. The number of nitrogens with one attached hydrogen (secondary N) is 3. The summed E-state index contributed by atoms with van der Waals surface area (Å²) in [5.41, 5.74) is 0.327. The zero-order valence-electron chi connectivity index (χ0n) is 15.7. The molecule has 0 aliphatic rings. The van der Waals surface area contributed by atoms with E-state index >= 15 is 0 Å². The van der Waals surface area contributed by atoms with E-state index in [0.29, 0.717) is 16.7 Å². The lowest BCUT2D eigenvalue weighted by molar-refractivity contribution is 0.252. The second-order valence-corrected chi connectivity index (χ2v) is 8.84. The highest BCUT2D eigenvalue weighted by atomic mass is 32.2. The van der Waals surface area contributed by atoms with E-state index in [1.807, 2.05) is 0 Å². The molecule has 3 aromatic rings. The maximum atomic E-state index is 13.6. The highest BCUT2D eigenvalue weighted by Crippen LogP contribution is 2.27. The highest BCUT2D eigenvalue weighted by molar-refractivity contribution is 7.99. The Balaban J connectivity index is 1.69. The molecule has 6 nitrogen and oxygen atoms in total. The highest BCUT2D eigenvalue weighted by Gasteiger charge is 2.16. The van der Waals surface area contributed by atoms with Gasteiger partial charge in [-0.15, -0.1) is 0 Å². The molecule has 162 valence electrons. The van der Waals surface area contributed by atoms with E-state index < -0.39 is 27.6 Å². The maximum Gasteiger partial charge on any atom is 0.323 e. The third kappa shape index (κ3) is 6.40. The predicted molar refractivity (Wildman–Crippen MR) is 115 cm³/mol. The van der Waals surface area contributed by atoms with Crippen molar-refractivity contribution < 1.29 is 26.4 Å². The standard InChI is InChI=1S/C20H16F3N3O3S2/c21-17-6-1-2-7-18(17)25-20(27)24-14-4-3-5-16(12-14)31(28,29)26-13-8-10-15(11-9-13)30-19(22)23/h1-12,19,26H,(H2,24,25,27). The molecular formula is C20H16F3N3O3S2. The van der Waals surface area contributed by atoms with Crippen LogP contribution in [0, 0.1) is 5.82 Å². The summed E-state index contributed by atoms with van der Waals surface area (Å²) in [7, 11) is -4.01. The summed E-state index contributed by atoms with van der Waals surface area (Å²) in [6.45, 7) is 0. The smallest absolute Gasteiger partial charge is 0.308 e. The van der Waals surface area contributed by atoms with Gasteiger partial charge in [-0.05, 0) is 54.6 Å². The van der Waals surface area contributed by atoms with Crippen LogP contribution in [0.2, 0.25) is 0 Å². The Kier molecular flexibility index (Phi) is 7.08. The quantitative estimate of drug-likeness (QED) is 0.396. The Labute approximate surface area is 180 Å². The molecule has 11 heteroatoms. The molecule has 2 amide bonds. The van der Waals surface area contributed by atoms with Gasteiger partial charge in [0.1, 0.15) is 5.82 Å². The van der Waals surface area contributed by atoms with Crippen molar-refractivity contribution in [2.24, 2.45) is 0 Å². The number of benzene rings is 3. The van der Waals surface area contributed by atoms with Crippen molar-refractivity contribution in [3.63, 3.8) is 0 Å². The molecule has 0 fully saturated rings. The fourth-order valence-corrected chi connectivity index (χ4v) is 4.11. The van der Waals surface area contributed by atoms with Crippen molar-refractivity contribution in [3.05, 3.63) is 78.6 Å². The lowest BCUT2D eigenvalue weighted by Gasteiger charge is -2.11. The SMILES string of the molecule is O=C(Nc1cccc(S(=O)(=O)Nc2ccc(SC(F)F)cc2)c1)Nc1ccccc1F. The largest absolute Gasteiger partial charge is 0.323 e. The fraction of sp³-hybridized carbons (Fsp3) is 0.0500. The van der Waals surface area contributed by atoms with Crippen LogP contribution in [-0.2, 0) is 10.0 Å². The van der Waals surface area contributed by atoms with E-state index in [-0.39, 0.29) is 22.0 Å². The number of para-hydroxylation sites is 1. The van der Waals surface area contributed by atoms with Crippen LogP contribution in [0.5, 0.6) is 0 Å². The average molecular weight is 467 g/mol. The zero-order valence-corrected chi connectivity index (χ0v) is 17.3. The van der Waals surface area contributed by atoms with Gasteiger partial charge in [0, 0.05) is 16.3 Å². The zero-order chi connectivity index (χ0) is 22.4. The first-order chi connectivity index (χ1) is 14.7. The van der Waals surface area contributed by atoms with Gasteiger partial charge in [0.25, 0.3) is 15.8 Å². The summed E-state index contributed by atoms with van der Waals surface area (Å²) >= 11 is 0.350. The summed E-state index contributed by atoms with van der Waals surface area (Å²) in [5.74, 6) is -3.19. The monoisotopic (exact) mass is 467 g/mol. The van der Waals surface area contributed by atoms with Gasteiger partial charge in [0.2, 0.25) is 0 Å². The topological polar surface area (TPSA) is 87.3 Å². The minimum absolute atomic E-state index is 0.0288. The number of rotatable bonds is 7. The lowest BCUT2D eigenvalue weighted by atomic mass is 10.3. The van der Waals surface area contributed by atoms with Crippen LogP contribution < -0.4 is 15.4 Å². The van der Waals surface area contributed by atoms with Crippen molar-refractivity contribution in [1.29, 1.82) is 0 Å². The Hall–Kier alpha value is -3.18. The molecule has 0 saturated carbocycles. The van der Waals surface area contributed by atoms with Crippen LogP contribution in [0.15, 0.2) is 82.6 Å². The summed E-state index contributed by atoms with van der Waals surface area (Å²) in [6, 6.07) is 15.8. The molecule has 3 aromatic carbocycles. The summed E-state index contributed by atoms with van der Waals surface area (Å²) in [6.07, 6.45) is 0. The van der Waals surface area contributed by atoms with Crippen molar-refractivity contribution in [2.75, 3.05) is 15.4 Å². The Morgan fingerprint density at radius 2 is 1.58 bits per heavy atom. The number of amides is 2. The van der Waals surface area contributed by atoms with Crippen molar-refractivity contribution in [3.8, 4) is 0 Å². The van der Waals surface area contributed by atoms with E-state index in [1.54, 1.807) is 6.07 Å². The van der Waals surface area contributed by atoms with Crippen LogP contribution >= 0.6 is 11.8 Å². The van der Waals surface area contributed by atoms with Crippen LogP contribution in [0.1, 0.15) is 0 Å². The molecule has 0 heterocycles. The molecule has 0 aromatic heterocycles. The molecule has 0 spiro atoms. The third-order valence-electron chi connectivity index (χ3n) is 3.86. The van der Waals surface area contributed by atoms with Gasteiger partial charge in [0.15, 0.2) is 0 Å². The van der Waals surface area contributed by atoms with Gasteiger partial charge >= 0.3 is 6.03 Å². The minimum atomic E-state index is -4.01. The van der Waals surface area contributed by atoms with Crippen molar-refractivity contribution in [2.45, 2.75) is 15.5 Å². The predicted octanol–water partition coefficient (Wildman–Crippen LogP) is 5.59. The molecule has 0 radical (unpaired) electrons. The summed E-state index contributed by atoms with van der Waals surface area (Å²) in [4.78, 5) is 12.2. The first kappa shape index (κ1) is 22.5. The van der Waals surface area contributed by atoms with Crippen LogP contribution in [-0.4, -0.2) is 20.2 Å². The second-order valence-electron chi connectivity index (χ2n) is 6.10. The number of carbonyl (C=O) groups excluding carboxylic acids is 1. The maximum absolute atomic E-state index is 13.6. The molecule has 31 heavy (non-hydrogen) atoms. The van der Waals surface area contributed by atoms with Crippen molar-refractivity contribution in [1.82, 2.24) is 0 Å². The Morgan fingerprint density at radius 1 is 0.871 bits per heavy atom. The number of hydrogen-bond acceptors (Lipinski definition) is 4. The molecule has 0 aliphatic heterocycles. The molecule has 0 saturated heterocycles. The molecule has 0 aliphatic carbocycles. The number of sulfonamides is 1. The first-order valence-electron chi connectivity index (χ1n) is 8.73. The lowest BCUT2D eigenvalue weighted by Crippen LogP contribution is -2.20. The number of anilines is 3. The van der Waals surface area contributed by atoms with Gasteiger partial charge in [0.05, 0.1) is 10.6 Å². The van der Waals surface area contributed by atoms with E-state index in [9.17, 15) is 26.4 Å². The molecular weight excluding hydrogens is 451 g/mol. The van der Waals surface area contributed by atoms with Gasteiger partial charge in [-0.25, -0.2) is 17.6 Å². The fourth-order valence-electron chi connectivity index (χ4n) is 2.51. The molecule has 3 rings (SSSR count). The van der Waals surface area contributed by atoms with E-state index in [0.717, 1.165) is 0 Å². The number of halogens is 3. The Bertz CT molecular complexity index is 1170. The van der Waals surface area contributed by atoms with E-state index in [1.165, 1.54) is 66.7 Å². The van der Waals surface area contributed by atoms with Crippen molar-refractivity contribution >= 4 is 44.9 Å². The Morgan fingerprint density at radius 3 is 2.26 bits per heavy atom. The van der Waals surface area contributed by atoms with Crippen LogP contribution in [0.4, 0.5) is 35.0 Å². The molecule has 3 N–H and O–H groups in total. The third-order valence-corrected chi connectivity index (χ3v) is 5.96. The second kappa shape index (κ2) is 9.75. The van der Waals surface area contributed by atoms with Crippen LogP contribution in [0.3, 0.4) is 0 Å². The van der Waals surface area contributed by atoms with E-state index in [2.05, 4.69) is 15.4 Å². The van der Waals surface area contributed by atoms with Gasteiger partial charge < -0.3 is 10.6 Å². The number of carbonyl (C=O) groups is 1. The number of hydrogen-bond donors (Lipinski definition) is 3. The molecule has 0 bridgehead atoms. The number of urea groups is 1.